The summed E-state index contributed by atoms with van der Waals surface area (Å²) in [7, 11) is 0. The summed E-state index contributed by atoms with van der Waals surface area (Å²) in [6.07, 6.45) is 1.39. The largest absolute Gasteiger partial charge is 0.481 e. The van der Waals surface area contributed by atoms with Gasteiger partial charge in [0.1, 0.15) is 0 Å². The van der Waals surface area contributed by atoms with E-state index in [4.69, 9.17) is 5.11 Å². The predicted molar refractivity (Wildman–Crippen MR) is 74.3 cm³/mol. The molecule has 0 aliphatic heterocycles. The smallest absolute Gasteiger partial charge is 0.305 e. The molecule has 0 unspecified atom stereocenters. The quantitative estimate of drug-likeness (QED) is 0.870. The zero-order chi connectivity index (χ0) is 14.4. The number of nitrogens with zero attached hydrogens (tertiary/aromatic N) is 1. The molecule has 2 aromatic rings. The van der Waals surface area contributed by atoms with E-state index in [1.54, 1.807) is 12.1 Å². The van der Waals surface area contributed by atoms with Gasteiger partial charge in [-0.3, -0.25) is 14.6 Å². The van der Waals surface area contributed by atoms with Crippen LogP contribution in [0.25, 0.3) is 11.3 Å². The SMILES string of the molecule is O=C(O)CCNC(=O)c1ccc(-c2ccccc2)nc1. The van der Waals surface area contributed by atoms with Crippen molar-refractivity contribution < 1.29 is 14.7 Å². The van der Waals surface area contributed by atoms with E-state index in [0.717, 1.165) is 11.3 Å². The van der Waals surface area contributed by atoms with Gasteiger partial charge in [0.2, 0.25) is 0 Å². The van der Waals surface area contributed by atoms with E-state index in [0.29, 0.717) is 5.56 Å². The third-order valence-corrected chi connectivity index (χ3v) is 2.72. The van der Waals surface area contributed by atoms with Crippen molar-refractivity contribution in [2.45, 2.75) is 6.42 Å². The molecule has 5 nitrogen and oxygen atoms in total. The normalized spacial score (nSPS) is 10.0. The van der Waals surface area contributed by atoms with Crippen molar-refractivity contribution in [3.05, 3.63) is 54.2 Å². The molecule has 1 amide bonds. The van der Waals surface area contributed by atoms with Crippen LogP contribution in [-0.4, -0.2) is 28.5 Å². The van der Waals surface area contributed by atoms with E-state index >= 15 is 0 Å². The highest BCUT2D eigenvalue weighted by molar-refractivity contribution is 5.94. The third-order valence-electron chi connectivity index (χ3n) is 2.72. The Bertz CT molecular complexity index is 594. The number of carboxylic acids is 1. The number of amides is 1. The molecule has 0 saturated heterocycles. The molecule has 0 radical (unpaired) electrons. The van der Waals surface area contributed by atoms with Crippen LogP contribution in [0.3, 0.4) is 0 Å². The van der Waals surface area contributed by atoms with Crippen LogP contribution >= 0.6 is 0 Å². The van der Waals surface area contributed by atoms with Crippen molar-refractivity contribution >= 4 is 11.9 Å². The molecule has 1 heterocycles. The fraction of sp³-hybridized carbons (Fsp3) is 0.133. The average Bonchev–Trinajstić information content (AvgIpc) is 2.48. The molecule has 0 saturated carbocycles. The lowest BCUT2D eigenvalue weighted by atomic mass is 10.1. The van der Waals surface area contributed by atoms with E-state index in [-0.39, 0.29) is 18.9 Å². The fourth-order valence-electron chi connectivity index (χ4n) is 1.69. The number of hydrogen-bond donors (Lipinski definition) is 2. The van der Waals surface area contributed by atoms with Gasteiger partial charge >= 0.3 is 5.97 Å². The summed E-state index contributed by atoms with van der Waals surface area (Å²) in [6.45, 7) is 0.106. The lowest BCUT2D eigenvalue weighted by molar-refractivity contribution is -0.136. The van der Waals surface area contributed by atoms with Crippen molar-refractivity contribution in [3.63, 3.8) is 0 Å². The molecule has 0 aliphatic rings. The van der Waals surface area contributed by atoms with Gasteiger partial charge in [0.25, 0.3) is 5.91 Å². The number of aliphatic carboxylic acids is 1. The fourth-order valence-corrected chi connectivity index (χ4v) is 1.69. The highest BCUT2D eigenvalue weighted by Gasteiger charge is 2.07. The predicted octanol–water partition coefficient (Wildman–Crippen LogP) is 1.95. The average molecular weight is 270 g/mol. The number of nitrogens with one attached hydrogen (secondary N) is 1. The standard InChI is InChI=1S/C15H14N2O3/c18-14(19)8-9-16-15(20)12-6-7-13(17-10-12)11-4-2-1-3-5-11/h1-7,10H,8-9H2,(H,16,20)(H,18,19). The number of hydrogen-bond acceptors (Lipinski definition) is 3. The maximum Gasteiger partial charge on any atom is 0.305 e. The first-order valence-corrected chi connectivity index (χ1v) is 6.18. The van der Waals surface area contributed by atoms with Gasteiger partial charge in [0, 0.05) is 18.3 Å². The Balaban J connectivity index is 2.01. The minimum absolute atomic E-state index is 0.0960. The first kappa shape index (κ1) is 13.7. The van der Waals surface area contributed by atoms with E-state index in [2.05, 4.69) is 10.3 Å². The molecule has 20 heavy (non-hydrogen) atoms. The van der Waals surface area contributed by atoms with Crippen molar-refractivity contribution in [2.24, 2.45) is 0 Å². The summed E-state index contributed by atoms with van der Waals surface area (Å²) in [5.74, 6) is -1.26. The van der Waals surface area contributed by atoms with Gasteiger partial charge in [-0.05, 0) is 12.1 Å². The van der Waals surface area contributed by atoms with Crippen molar-refractivity contribution in [2.75, 3.05) is 6.54 Å². The van der Waals surface area contributed by atoms with Crippen LogP contribution in [0.1, 0.15) is 16.8 Å². The van der Waals surface area contributed by atoms with Gasteiger partial charge < -0.3 is 10.4 Å². The van der Waals surface area contributed by atoms with Gasteiger partial charge in [0.05, 0.1) is 17.7 Å². The summed E-state index contributed by atoms with van der Waals surface area (Å²) < 4.78 is 0. The highest BCUT2D eigenvalue weighted by Crippen LogP contribution is 2.16. The molecule has 0 bridgehead atoms. The summed E-state index contributed by atoms with van der Waals surface area (Å²) in [6, 6.07) is 13.1. The first-order valence-electron chi connectivity index (χ1n) is 6.18. The van der Waals surface area contributed by atoms with Gasteiger partial charge in [-0.25, -0.2) is 0 Å². The second kappa shape index (κ2) is 6.47. The lowest BCUT2D eigenvalue weighted by Gasteiger charge is -2.04. The van der Waals surface area contributed by atoms with Crippen LogP contribution in [0.2, 0.25) is 0 Å². The molecule has 102 valence electrons. The molecular weight excluding hydrogens is 256 g/mol. The Kier molecular flexibility index (Phi) is 4.44. The minimum Gasteiger partial charge on any atom is -0.481 e. The van der Waals surface area contributed by atoms with E-state index in [9.17, 15) is 9.59 Å². The monoisotopic (exact) mass is 270 g/mol. The molecule has 2 rings (SSSR count). The molecule has 0 fully saturated rings. The zero-order valence-electron chi connectivity index (χ0n) is 10.7. The van der Waals surface area contributed by atoms with Gasteiger partial charge in [-0.15, -0.1) is 0 Å². The molecule has 2 N–H and O–H groups in total. The van der Waals surface area contributed by atoms with Crippen molar-refractivity contribution in [1.82, 2.24) is 10.3 Å². The van der Waals surface area contributed by atoms with Gasteiger partial charge in [-0.1, -0.05) is 30.3 Å². The summed E-state index contributed by atoms with van der Waals surface area (Å²) in [5, 5.41) is 11.0. The number of rotatable bonds is 5. The number of carboxylic acid groups (broad SMARTS) is 1. The molecule has 0 spiro atoms. The number of pyridine rings is 1. The van der Waals surface area contributed by atoms with Crippen LogP contribution < -0.4 is 5.32 Å². The summed E-state index contributed by atoms with van der Waals surface area (Å²) >= 11 is 0. The molecule has 1 aromatic carbocycles. The Morgan fingerprint density at radius 1 is 1.10 bits per heavy atom. The van der Waals surface area contributed by atoms with E-state index < -0.39 is 5.97 Å². The maximum absolute atomic E-state index is 11.7. The van der Waals surface area contributed by atoms with Crippen LogP contribution in [0, 0.1) is 0 Å². The second-order valence-electron chi connectivity index (χ2n) is 4.20. The number of benzene rings is 1. The van der Waals surface area contributed by atoms with Crippen LogP contribution in [0.5, 0.6) is 0 Å². The summed E-state index contributed by atoms with van der Waals surface area (Å²) in [5.41, 5.74) is 2.17. The molecule has 0 aliphatic carbocycles. The van der Waals surface area contributed by atoms with E-state index in [1.807, 2.05) is 30.3 Å². The Labute approximate surface area is 116 Å². The maximum atomic E-state index is 11.7. The number of carbonyl (C=O) groups excluding carboxylic acids is 1. The molecule has 5 heteroatoms. The lowest BCUT2D eigenvalue weighted by Crippen LogP contribution is -2.26. The highest BCUT2D eigenvalue weighted by atomic mass is 16.4. The number of aromatic nitrogens is 1. The van der Waals surface area contributed by atoms with Gasteiger partial charge in [0.15, 0.2) is 0 Å². The van der Waals surface area contributed by atoms with Crippen LogP contribution in [-0.2, 0) is 4.79 Å². The Morgan fingerprint density at radius 2 is 1.85 bits per heavy atom. The topological polar surface area (TPSA) is 79.3 Å². The molecule has 1 aromatic heterocycles. The second-order valence-corrected chi connectivity index (χ2v) is 4.20. The first-order chi connectivity index (χ1) is 9.66. The Hall–Kier alpha value is -2.69. The Morgan fingerprint density at radius 3 is 2.45 bits per heavy atom. The molecular formula is C15H14N2O3. The van der Waals surface area contributed by atoms with Crippen molar-refractivity contribution in [1.29, 1.82) is 0 Å². The molecule has 0 atom stereocenters. The van der Waals surface area contributed by atoms with Crippen LogP contribution in [0.4, 0.5) is 0 Å². The summed E-state index contributed by atoms with van der Waals surface area (Å²) in [4.78, 5) is 26.3. The minimum atomic E-state index is -0.942. The third kappa shape index (κ3) is 3.65. The van der Waals surface area contributed by atoms with Crippen molar-refractivity contribution in [3.8, 4) is 11.3 Å². The van der Waals surface area contributed by atoms with E-state index in [1.165, 1.54) is 6.20 Å². The zero-order valence-corrected chi connectivity index (χ0v) is 10.7. The number of carbonyl (C=O) groups is 2. The van der Waals surface area contributed by atoms with Crippen LogP contribution in [0.15, 0.2) is 48.7 Å². The van der Waals surface area contributed by atoms with Gasteiger partial charge in [-0.2, -0.15) is 0 Å².